The van der Waals surface area contributed by atoms with Gasteiger partial charge in [0.25, 0.3) is 0 Å². The van der Waals surface area contributed by atoms with Crippen molar-refractivity contribution in [2.75, 3.05) is 39.9 Å². The van der Waals surface area contributed by atoms with Crippen LogP contribution in [0.25, 0.3) is 0 Å². The Morgan fingerprint density at radius 1 is 1.42 bits per heavy atom. The van der Waals surface area contributed by atoms with Crippen molar-refractivity contribution in [3.05, 3.63) is 0 Å². The minimum absolute atomic E-state index is 0.0372. The van der Waals surface area contributed by atoms with E-state index in [-0.39, 0.29) is 11.5 Å². The molecule has 0 aromatic heterocycles. The molecule has 4 heteroatoms. The molecule has 0 spiro atoms. The van der Waals surface area contributed by atoms with Crippen molar-refractivity contribution in [2.24, 2.45) is 11.3 Å². The fraction of sp³-hybridized carbons (Fsp3) is 1.00. The van der Waals surface area contributed by atoms with Crippen molar-refractivity contribution in [2.45, 2.75) is 45.3 Å². The van der Waals surface area contributed by atoms with Crippen molar-refractivity contribution >= 4 is 0 Å². The van der Waals surface area contributed by atoms with E-state index in [9.17, 15) is 5.11 Å². The van der Waals surface area contributed by atoms with Crippen molar-refractivity contribution in [1.29, 1.82) is 0 Å². The highest BCUT2D eigenvalue weighted by Gasteiger charge is 2.37. The molecule has 2 aliphatic rings. The minimum Gasteiger partial charge on any atom is -0.393 e. The maximum Gasteiger partial charge on any atom is 0.0547 e. The molecule has 2 rings (SSSR count). The van der Waals surface area contributed by atoms with E-state index in [4.69, 9.17) is 4.74 Å². The van der Waals surface area contributed by atoms with E-state index in [0.717, 1.165) is 52.1 Å². The Hall–Kier alpha value is -0.160. The molecule has 1 saturated heterocycles. The van der Waals surface area contributed by atoms with Crippen LogP contribution in [0.15, 0.2) is 0 Å². The van der Waals surface area contributed by atoms with Crippen molar-refractivity contribution in [3.63, 3.8) is 0 Å². The molecule has 112 valence electrons. The quantitative estimate of drug-likeness (QED) is 0.727. The first-order chi connectivity index (χ1) is 8.99. The van der Waals surface area contributed by atoms with Crippen molar-refractivity contribution in [1.82, 2.24) is 10.2 Å². The molecular formula is C15H30N2O2. The summed E-state index contributed by atoms with van der Waals surface area (Å²) in [6.45, 7) is 9.42. The zero-order valence-corrected chi connectivity index (χ0v) is 12.7. The van der Waals surface area contributed by atoms with Crippen LogP contribution in [0.5, 0.6) is 0 Å². The van der Waals surface area contributed by atoms with Crippen LogP contribution in [-0.4, -0.2) is 62.0 Å². The predicted octanol–water partition coefficient (Wildman–Crippen LogP) is 1.09. The Kier molecular flexibility index (Phi) is 5.23. The van der Waals surface area contributed by atoms with Gasteiger partial charge in [-0.2, -0.15) is 0 Å². The average molecular weight is 270 g/mol. The van der Waals surface area contributed by atoms with Crippen LogP contribution < -0.4 is 5.32 Å². The normalized spacial score (nSPS) is 35.1. The first kappa shape index (κ1) is 15.2. The lowest BCUT2D eigenvalue weighted by Crippen LogP contribution is -2.47. The Balaban J connectivity index is 1.78. The third-order valence-electron chi connectivity index (χ3n) is 4.46. The van der Waals surface area contributed by atoms with E-state index in [2.05, 4.69) is 31.1 Å². The highest BCUT2D eigenvalue weighted by Crippen LogP contribution is 2.31. The van der Waals surface area contributed by atoms with Crippen molar-refractivity contribution < 1.29 is 9.84 Å². The lowest BCUT2D eigenvalue weighted by molar-refractivity contribution is 0.0203. The summed E-state index contributed by atoms with van der Waals surface area (Å²) in [6.07, 6.45) is 3.09. The zero-order valence-electron chi connectivity index (χ0n) is 12.7. The summed E-state index contributed by atoms with van der Waals surface area (Å²) in [5, 5.41) is 12.9. The first-order valence-corrected chi connectivity index (χ1v) is 7.67. The van der Waals surface area contributed by atoms with Gasteiger partial charge in [-0.1, -0.05) is 13.8 Å². The van der Waals surface area contributed by atoms with Gasteiger partial charge in [-0.3, -0.25) is 0 Å². The number of aliphatic hydroxyl groups excluding tert-OH is 1. The number of nitrogens with zero attached hydrogens (tertiary/aromatic N) is 1. The molecule has 0 amide bonds. The molecule has 1 saturated carbocycles. The summed E-state index contributed by atoms with van der Waals surface area (Å²) >= 11 is 0. The van der Waals surface area contributed by atoms with Gasteiger partial charge in [-0.25, -0.2) is 0 Å². The molecule has 19 heavy (non-hydrogen) atoms. The molecule has 0 radical (unpaired) electrons. The van der Waals surface area contributed by atoms with Gasteiger partial charge in [0.2, 0.25) is 0 Å². The van der Waals surface area contributed by atoms with Gasteiger partial charge in [0, 0.05) is 37.7 Å². The fourth-order valence-corrected chi connectivity index (χ4v) is 3.32. The molecule has 1 heterocycles. The summed E-state index contributed by atoms with van der Waals surface area (Å²) in [5.41, 5.74) is 0.279. The molecule has 0 aromatic rings. The lowest BCUT2D eigenvalue weighted by atomic mass is 9.81. The zero-order chi connectivity index (χ0) is 13.9. The smallest absolute Gasteiger partial charge is 0.0547 e. The molecule has 2 fully saturated rings. The molecule has 2 N–H and O–H groups in total. The Labute approximate surface area is 117 Å². The second kappa shape index (κ2) is 6.53. The number of aliphatic hydroxyl groups is 1. The Bertz CT molecular complexity index is 271. The largest absolute Gasteiger partial charge is 0.393 e. The monoisotopic (exact) mass is 270 g/mol. The third kappa shape index (κ3) is 4.42. The molecule has 4 nitrogen and oxygen atoms in total. The molecular weight excluding hydrogens is 240 g/mol. The second-order valence-electron chi connectivity index (χ2n) is 7.03. The van der Waals surface area contributed by atoms with E-state index >= 15 is 0 Å². The van der Waals surface area contributed by atoms with Gasteiger partial charge in [-0.05, 0) is 32.2 Å². The van der Waals surface area contributed by atoms with Crippen LogP contribution in [0.1, 0.15) is 33.1 Å². The topological polar surface area (TPSA) is 44.7 Å². The third-order valence-corrected chi connectivity index (χ3v) is 4.46. The van der Waals surface area contributed by atoms with Crippen LogP contribution in [0.2, 0.25) is 0 Å². The van der Waals surface area contributed by atoms with E-state index in [1.165, 1.54) is 0 Å². The number of rotatable bonds is 7. The maximum atomic E-state index is 9.36. The predicted molar refractivity (Wildman–Crippen MR) is 77.2 cm³/mol. The first-order valence-electron chi connectivity index (χ1n) is 7.67. The van der Waals surface area contributed by atoms with Gasteiger partial charge < -0.3 is 20.1 Å². The van der Waals surface area contributed by atoms with E-state index in [1.54, 1.807) is 0 Å². The maximum absolute atomic E-state index is 9.36. The Morgan fingerprint density at radius 2 is 2.16 bits per heavy atom. The van der Waals surface area contributed by atoms with Crippen molar-refractivity contribution in [3.8, 4) is 0 Å². The molecule has 0 aromatic carbocycles. The molecule has 1 atom stereocenters. The summed E-state index contributed by atoms with van der Waals surface area (Å²) in [5.74, 6) is 0.692. The van der Waals surface area contributed by atoms with Gasteiger partial charge in [0.1, 0.15) is 0 Å². The van der Waals surface area contributed by atoms with Gasteiger partial charge in [0.05, 0.1) is 12.7 Å². The summed E-state index contributed by atoms with van der Waals surface area (Å²) in [4.78, 5) is 2.44. The van der Waals surface area contributed by atoms with Crippen LogP contribution in [0.3, 0.4) is 0 Å². The van der Waals surface area contributed by atoms with Gasteiger partial charge in [0.15, 0.2) is 0 Å². The summed E-state index contributed by atoms with van der Waals surface area (Å²) in [6, 6.07) is 0.532. The van der Waals surface area contributed by atoms with E-state index in [1.807, 2.05) is 0 Å². The van der Waals surface area contributed by atoms with E-state index in [0.29, 0.717) is 12.0 Å². The lowest BCUT2D eigenvalue weighted by Gasteiger charge is -2.38. The number of ether oxygens (including phenoxy) is 1. The van der Waals surface area contributed by atoms with Crippen LogP contribution in [0.4, 0.5) is 0 Å². The van der Waals surface area contributed by atoms with Crippen LogP contribution in [-0.2, 0) is 4.74 Å². The summed E-state index contributed by atoms with van der Waals surface area (Å²) < 4.78 is 5.65. The highest BCUT2D eigenvalue weighted by molar-refractivity contribution is 4.90. The molecule has 1 aliphatic heterocycles. The SMILES string of the molecule is CC(C)NCC1(CN(C)CC2CC(O)C2)CCOC1. The standard InChI is InChI=1S/C15H30N2O2/c1-12(2)16-9-15(4-5-19-11-15)10-17(3)8-13-6-14(18)7-13/h12-14,16,18H,4-11H2,1-3H3. The molecule has 0 bridgehead atoms. The minimum atomic E-state index is -0.0372. The van der Waals surface area contributed by atoms with E-state index < -0.39 is 0 Å². The van der Waals surface area contributed by atoms with Gasteiger partial charge in [-0.15, -0.1) is 0 Å². The number of nitrogens with one attached hydrogen (secondary N) is 1. The summed E-state index contributed by atoms with van der Waals surface area (Å²) in [7, 11) is 2.21. The van der Waals surface area contributed by atoms with Crippen LogP contribution in [0, 0.1) is 11.3 Å². The second-order valence-corrected chi connectivity index (χ2v) is 7.03. The number of hydrogen-bond donors (Lipinski definition) is 2. The van der Waals surface area contributed by atoms with Crippen LogP contribution >= 0.6 is 0 Å². The number of hydrogen-bond acceptors (Lipinski definition) is 4. The average Bonchev–Trinajstić information content (AvgIpc) is 2.73. The molecule has 1 unspecified atom stereocenters. The fourth-order valence-electron chi connectivity index (χ4n) is 3.32. The molecule has 1 aliphatic carbocycles. The Morgan fingerprint density at radius 3 is 2.68 bits per heavy atom. The van der Waals surface area contributed by atoms with Gasteiger partial charge >= 0.3 is 0 Å². The highest BCUT2D eigenvalue weighted by atomic mass is 16.5.